The number of aryl methyl sites for hydroxylation is 2. The zero-order valence-electron chi connectivity index (χ0n) is 24.8. The third-order valence-electron chi connectivity index (χ3n) is 7.04. The van der Waals surface area contributed by atoms with E-state index in [0.29, 0.717) is 25.3 Å². The van der Waals surface area contributed by atoms with E-state index in [4.69, 9.17) is 9.84 Å². The summed E-state index contributed by atoms with van der Waals surface area (Å²) in [5.74, 6) is -0.207. The molecule has 0 aliphatic carbocycles. The summed E-state index contributed by atoms with van der Waals surface area (Å²) in [5, 5.41) is 21.7. The van der Waals surface area contributed by atoms with E-state index in [0.717, 1.165) is 62.9 Å². The van der Waals surface area contributed by atoms with Crippen molar-refractivity contribution < 1.29 is 75.5 Å². The van der Waals surface area contributed by atoms with Crippen LogP contribution in [0.25, 0.3) is 0 Å². The Morgan fingerprint density at radius 3 is 2.45 bits per heavy atom. The zero-order chi connectivity index (χ0) is 28.8. The Balaban J connectivity index is 0.000000379. The predicted octanol–water partition coefficient (Wildman–Crippen LogP) is 2.49. The number of carboxylic acids is 1. The third-order valence-corrected chi connectivity index (χ3v) is 7.04. The summed E-state index contributed by atoms with van der Waals surface area (Å²) in [5.41, 5.74) is 3.72. The smallest absolute Gasteiger partial charge is 0.796 e. The molecule has 2 aliphatic rings. The average Bonchev–Trinajstić information content (AvgIpc) is 3.46. The molecule has 1 unspecified atom stereocenters. The van der Waals surface area contributed by atoms with Gasteiger partial charge in [0.25, 0.3) is 0 Å². The Morgan fingerprint density at radius 2 is 1.85 bits per heavy atom. The summed E-state index contributed by atoms with van der Waals surface area (Å²) in [6.07, 6.45) is 10.0. The van der Waals surface area contributed by atoms with Crippen molar-refractivity contribution in [2.75, 3.05) is 44.9 Å². The van der Waals surface area contributed by atoms with Crippen molar-refractivity contribution in [2.45, 2.75) is 77.2 Å². The normalized spacial score (nSPS) is 14.9. The number of rotatable bonds is 10. The molecule has 40 heavy (non-hydrogen) atoms. The fraction of sp³-hybridized carbons (Fsp3) is 0.600. The molecule has 1 fully saturated rings. The van der Waals surface area contributed by atoms with Crippen LogP contribution >= 0.6 is 0 Å². The molecule has 3 N–H and O–H groups in total. The molecule has 4 rings (SSSR count). The number of hydrogen-bond acceptors (Lipinski definition) is 7. The van der Waals surface area contributed by atoms with Crippen molar-refractivity contribution in [1.29, 1.82) is 0 Å². The number of hydrogen-bond donors (Lipinski definition) is 3. The van der Waals surface area contributed by atoms with Crippen molar-refractivity contribution in [3.8, 4) is 5.75 Å². The van der Waals surface area contributed by atoms with E-state index in [1.807, 2.05) is 18.7 Å². The molecule has 0 spiro atoms. The number of nitrogens with zero attached hydrogens (tertiary/aromatic N) is 2. The van der Waals surface area contributed by atoms with Gasteiger partial charge in [0.1, 0.15) is 11.9 Å². The Bertz CT molecular complexity index is 1040. The van der Waals surface area contributed by atoms with Gasteiger partial charge in [0.2, 0.25) is 0 Å². The van der Waals surface area contributed by atoms with E-state index in [1.165, 1.54) is 30.9 Å². The van der Waals surface area contributed by atoms with Gasteiger partial charge in [0, 0.05) is 24.4 Å². The summed E-state index contributed by atoms with van der Waals surface area (Å²) in [4.78, 5) is 18.2. The van der Waals surface area contributed by atoms with Gasteiger partial charge in [-0.05, 0) is 93.3 Å². The monoisotopic (exact) mass is 601 g/mol. The van der Waals surface area contributed by atoms with E-state index >= 15 is 0 Å². The number of halogens is 1. The Kier molecular flexibility index (Phi) is 18.9. The molecule has 1 aromatic carbocycles. The fourth-order valence-corrected chi connectivity index (χ4v) is 4.98. The first-order valence-corrected chi connectivity index (χ1v) is 14.8. The SMILES string of the molecule is COc1c(F)cc(C(C)C)cc1C(C(=O)O)N1CCCC1.C[S-].OCCCCCc1ccc2c(n1)NCCC2.[K+]. The Morgan fingerprint density at radius 1 is 1.15 bits per heavy atom. The third kappa shape index (κ3) is 11.2. The summed E-state index contributed by atoms with van der Waals surface area (Å²) in [7, 11) is 1.37. The van der Waals surface area contributed by atoms with Crippen LogP contribution in [0.1, 0.15) is 86.7 Å². The number of aliphatic hydroxyl groups excluding tert-OH is 1. The van der Waals surface area contributed by atoms with Crippen LogP contribution in [-0.2, 0) is 30.3 Å². The van der Waals surface area contributed by atoms with Crippen LogP contribution in [0.15, 0.2) is 24.3 Å². The zero-order valence-corrected chi connectivity index (χ0v) is 28.8. The number of benzene rings is 1. The number of carboxylic acid groups (broad SMARTS) is 1. The van der Waals surface area contributed by atoms with Crippen molar-refractivity contribution in [1.82, 2.24) is 9.88 Å². The maximum absolute atomic E-state index is 14.2. The number of methoxy groups -OCH3 is 1. The number of nitrogens with one attached hydrogen (secondary N) is 1. The molecule has 2 aromatic rings. The molecule has 10 heteroatoms. The average molecular weight is 602 g/mol. The summed E-state index contributed by atoms with van der Waals surface area (Å²) in [6, 6.07) is 6.69. The van der Waals surface area contributed by atoms with Gasteiger partial charge in [-0.1, -0.05) is 26.3 Å². The summed E-state index contributed by atoms with van der Waals surface area (Å²) >= 11 is 4.08. The molecule has 1 atom stereocenters. The number of pyridine rings is 1. The van der Waals surface area contributed by atoms with Gasteiger partial charge >= 0.3 is 57.4 Å². The van der Waals surface area contributed by atoms with Crippen LogP contribution in [-0.4, -0.2) is 65.7 Å². The first kappa shape index (κ1) is 37.3. The molecule has 0 radical (unpaired) electrons. The molecule has 7 nitrogen and oxygen atoms in total. The van der Waals surface area contributed by atoms with Gasteiger partial charge in [0.15, 0.2) is 11.6 Å². The second kappa shape index (κ2) is 20.2. The number of carbonyl (C=O) groups is 1. The number of likely N-dealkylation sites (tertiary alicyclic amines) is 1. The number of aromatic nitrogens is 1. The first-order valence-electron chi connectivity index (χ1n) is 13.9. The molecule has 0 amide bonds. The minimum Gasteiger partial charge on any atom is -0.796 e. The summed E-state index contributed by atoms with van der Waals surface area (Å²) in [6.45, 7) is 6.70. The van der Waals surface area contributed by atoms with Crippen LogP contribution in [0, 0.1) is 5.82 Å². The molecule has 218 valence electrons. The number of fused-ring (bicyclic) bond motifs is 1. The number of unbranched alkanes of at least 4 members (excludes halogenated alkanes) is 2. The van der Waals surface area contributed by atoms with Crippen molar-refractivity contribution in [3.05, 3.63) is 52.5 Å². The fourth-order valence-electron chi connectivity index (χ4n) is 4.98. The summed E-state index contributed by atoms with van der Waals surface area (Å²) < 4.78 is 19.4. The van der Waals surface area contributed by atoms with Gasteiger partial charge in [-0.3, -0.25) is 9.69 Å². The van der Waals surface area contributed by atoms with Crippen LogP contribution in [0.5, 0.6) is 5.75 Å². The minimum absolute atomic E-state index is 0. The topological polar surface area (TPSA) is 94.9 Å². The molecule has 2 aliphatic heterocycles. The molecule has 1 aromatic heterocycles. The molecule has 1 saturated heterocycles. The number of anilines is 1. The number of ether oxygens (including phenoxy) is 1. The van der Waals surface area contributed by atoms with Gasteiger partial charge < -0.3 is 32.9 Å². The first-order chi connectivity index (χ1) is 18.8. The van der Waals surface area contributed by atoms with Gasteiger partial charge in [-0.15, -0.1) is 0 Å². The van der Waals surface area contributed by atoms with Crippen molar-refractivity contribution in [2.24, 2.45) is 0 Å². The van der Waals surface area contributed by atoms with Crippen LogP contribution < -0.4 is 61.4 Å². The molecular weight excluding hydrogens is 557 g/mol. The molecular formula is C30H45FKN3O4S. The maximum Gasteiger partial charge on any atom is 1.00 e. The van der Waals surface area contributed by atoms with Gasteiger partial charge in [-0.2, -0.15) is 6.26 Å². The predicted molar refractivity (Wildman–Crippen MR) is 157 cm³/mol. The second-order valence-corrected chi connectivity index (χ2v) is 10.1. The number of aliphatic carboxylic acids is 1. The van der Waals surface area contributed by atoms with Gasteiger partial charge in [-0.25, -0.2) is 9.37 Å². The van der Waals surface area contributed by atoms with E-state index < -0.39 is 17.8 Å². The Labute approximate surface area is 287 Å². The number of aliphatic hydroxyl groups is 1. The van der Waals surface area contributed by atoms with Crippen LogP contribution in [0.4, 0.5) is 10.2 Å². The maximum atomic E-state index is 14.2. The van der Waals surface area contributed by atoms with Gasteiger partial charge in [0.05, 0.1) is 7.11 Å². The van der Waals surface area contributed by atoms with E-state index in [1.54, 1.807) is 12.3 Å². The molecule has 3 heterocycles. The second-order valence-electron chi connectivity index (χ2n) is 10.1. The standard InChI is InChI=1S/C16H22FNO3.C13H20N2O.CH4S.K/c1-10(2)11-8-12(15(21-3)13(17)9-11)14(16(19)20)18-6-4-5-7-18;16-10-3-1-2-6-12-8-7-11-5-4-9-14-13(11)15-12;1-2;/h8-10,14H,4-7H2,1-3H3,(H,19,20);7-8,16H,1-6,9-10H2,(H,14,15);2H,1H3;/q;;;+1/p-1. The van der Waals surface area contributed by atoms with E-state index in [2.05, 4.69) is 35.1 Å². The van der Waals surface area contributed by atoms with Crippen molar-refractivity contribution >= 4 is 24.4 Å². The molecule has 0 saturated carbocycles. The van der Waals surface area contributed by atoms with Crippen molar-refractivity contribution in [3.63, 3.8) is 0 Å². The van der Waals surface area contributed by atoms with Crippen LogP contribution in [0.2, 0.25) is 0 Å². The Hall–Kier alpha value is -0.724. The molecule has 0 bridgehead atoms. The largest absolute Gasteiger partial charge is 1.00 e. The minimum atomic E-state index is -0.962. The quantitative estimate of drug-likeness (QED) is 0.217. The van der Waals surface area contributed by atoms with E-state index in [-0.39, 0.29) is 63.1 Å². The van der Waals surface area contributed by atoms with Crippen LogP contribution in [0.3, 0.4) is 0 Å². The van der Waals surface area contributed by atoms with E-state index in [9.17, 15) is 14.3 Å².